The van der Waals surface area contributed by atoms with E-state index in [4.69, 9.17) is 14.2 Å². The first kappa shape index (κ1) is 21.1. The van der Waals surface area contributed by atoms with Crippen LogP contribution in [0.15, 0.2) is 42.6 Å². The first-order valence-corrected chi connectivity index (χ1v) is 10.8. The monoisotopic (exact) mass is 422 g/mol. The Morgan fingerprint density at radius 1 is 1.03 bits per heavy atom. The highest BCUT2D eigenvalue weighted by atomic mass is 16.5. The van der Waals surface area contributed by atoms with Crippen LogP contribution >= 0.6 is 0 Å². The molecule has 0 spiro atoms. The zero-order valence-electron chi connectivity index (χ0n) is 18.4. The quantitative estimate of drug-likeness (QED) is 0.608. The van der Waals surface area contributed by atoms with Crippen molar-refractivity contribution in [2.45, 2.75) is 31.6 Å². The van der Waals surface area contributed by atoms with Crippen LogP contribution in [-0.2, 0) is 11.2 Å². The molecule has 4 rings (SSSR count). The molecule has 6 heteroatoms. The molecule has 0 unspecified atom stereocenters. The minimum atomic E-state index is 0.200. The molecule has 1 aliphatic heterocycles. The number of ether oxygens (including phenoxy) is 3. The summed E-state index contributed by atoms with van der Waals surface area (Å²) in [5.41, 5.74) is 3.55. The third kappa shape index (κ3) is 4.33. The Bertz CT molecular complexity index is 1030. The fraction of sp³-hybridized carbons (Fsp3) is 0.400. The van der Waals surface area contributed by atoms with Crippen LogP contribution in [0.1, 0.15) is 36.3 Å². The van der Waals surface area contributed by atoms with Gasteiger partial charge in [0.05, 0.1) is 21.3 Å². The molecular weight excluding hydrogens is 392 g/mol. The molecule has 2 heterocycles. The number of para-hydroxylation sites is 1. The molecule has 6 nitrogen and oxygen atoms in total. The number of H-pyrrole nitrogens is 1. The molecule has 1 fully saturated rings. The highest BCUT2D eigenvalue weighted by Crippen LogP contribution is 2.38. The zero-order valence-corrected chi connectivity index (χ0v) is 18.4. The molecule has 1 aliphatic rings. The van der Waals surface area contributed by atoms with E-state index in [9.17, 15) is 4.79 Å². The molecular formula is C25H30N2O4. The van der Waals surface area contributed by atoms with Gasteiger partial charge >= 0.3 is 0 Å². The smallest absolute Gasteiger partial charge is 0.222 e. The van der Waals surface area contributed by atoms with E-state index in [0.29, 0.717) is 36.0 Å². The molecule has 164 valence electrons. The Balaban J connectivity index is 1.35. The van der Waals surface area contributed by atoms with Gasteiger partial charge in [-0.3, -0.25) is 4.79 Å². The Labute approximate surface area is 183 Å². The molecule has 1 amide bonds. The van der Waals surface area contributed by atoms with Gasteiger partial charge in [0.1, 0.15) is 0 Å². The van der Waals surface area contributed by atoms with E-state index in [1.165, 1.54) is 16.5 Å². The number of hydrogen-bond donors (Lipinski definition) is 1. The Morgan fingerprint density at radius 3 is 2.35 bits per heavy atom. The Kier molecular flexibility index (Phi) is 6.35. The van der Waals surface area contributed by atoms with Gasteiger partial charge in [-0.1, -0.05) is 18.2 Å². The van der Waals surface area contributed by atoms with Gasteiger partial charge in [-0.05, 0) is 54.5 Å². The van der Waals surface area contributed by atoms with E-state index in [2.05, 4.69) is 35.4 Å². The second kappa shape index (κ2) is 9.33. The van der Waals surface area contributed by atoms with E-state index in [-0.39, 0.29) is 5.91 Å². The number of methoxy groups -OCH3 is 3. The van der Waals surface area contributed by atoms with Crippen molar-refractivity contribution < 1.29 is 19.0 Å². The number of carbonyl (C=O) groups excluding carboxylic acids is 1. The summed E-state index contributed by atoms with van der Waals surface area (Å²) in [6, 6.07) is 12.3. The van der Waals surface area contributed by atoms with E-state index in [1.54, 1.807) is 21.3 Å². The number of rotatable bonds is 7. The summed E-state index contributed by atoms with van der Waals surface area (Å²) in [7, 11) is 4.79. The third-order valence-corrected chi connectivity index (χ3v) is 6.26. The molecule has 0 radical (unpaired) electrons. The first-order valence-electron chi connectivity index (χ1n) is 10.8. The van der Waals surface area contributed by atoms with E-state index in [0.717, 1.165) is 31.5 Å². The maximum absolute atomic E-state index is 12.8. The Morgan fingerprint density at radius 2 is 1.71 bits per heavy atom. The number of aromatic amines is 1. The zero-order chi connectivity index (χ0) is 21.8. The average molecular weight is 423 g/mol. The number of amides is 1. The van der Waals surface area contributed by atoms with E-state index < -0.39 is 0 Å². The highest BCUT2D eigenvalue weighted by molar-refractivity contribution is 5.83. The van der Waals surface area contributed by atoms with Crippen LogP contribution in [-0.4, -0.2) is 50.2 Å². The normalized spacial score (nSPS) is 14.6. The van der Waals surface area contributed by atoms with Crippen molar-refractivity contribution in [3.63, 3.8) is 0 Å². The third-order valence-electron chi connectivity index (χ3n) is 6.26. The number of hydrogen-bond acceptors (Lipinski definition) is 4. The summed E-state index contributed by atoms with van der Waals surface area (Å²) >= 11 is 0. The number of benzene rings is 2. The van der Waals surface area contributed by atoms with Crippen LogP contribution in [0.4, 0.5) is 0 Å². The minimum Gasteiger partial charge on any atom is -0.493 e. The summed E-state index contributed by atoms with van der Waals surface area (Å²) in [6.07, 6.45) is 5.24. The van der Waals surface area contributed by atoms with Crippen LogP contribution in [0.3, 0.4) is 0 Å². The van der Waals surface area contributed by atoms with Crippen molar-refractivity contribution in [2.24, 2.45) is 0 Å². The van der Waals surface area contributed by atoms with Gasteiger partial charge in [0.15, 0.2) is 11.5 Å². The van der Waals surface area contributed by atoms with Crippen molar-refractivity contribution in [1.29, 1.82) is 0 Å². The molecule has 31 heavy (non-hydrogen) atoms. The fourth-order valence-electron chi connectivity index (χ4n) is 4.56. The van der Waals surface area contributed by atoms with Gasteiger partial charge in [0.2, 0.25) is 11.7 Å². The first-order chi connectivity index (χ1) is 15.1. The second-order valence-electron chi connectivity index (χ2n) is 7.98. The van der Waals surface area contributed by atoms with Gasteiger partial charge in [0.25, 0.3) is 0 Å². The topological polar surface area (TPSA) is 63.8 Å². The minimum absolute atomic E-state index is 0.200. The van der Waals surface area contributed by atoms with Crippen LogP contribution in [0.5, 0.6) is 17.2 Å². The number of nitrogens with zero attached hydrogens (tertiary/aromatic N) is 1. The molecule has 0 atom stereocenters. The predicted molar refractivity (Wildman–Crippen MR) is 121 cm³/mol. The van der Waals surface area contributed by atoms with Crippen molar-refractivity contribution in [3.8, 4) is 17.2 Å². The predicted octanol–water partition coefficient (Wildman–Crippen LogP) is 4.53. The maximum Gasteiger partial charge on any atom is 0.222 e. The number of aryl methyl sites for hydroxylation is 1. The summed E-state index contributed by atoms with van der Waals surface area (Å²) < 4.78 is 16.2. The Hall–Kier alpha value is -3.15. The summed E-state index contributed by atoms with van der Waals surface area (Å²) in [6.45, 7) is 1.61. The van der Waals surface area contributed by atoms with Crippen LogP contribution in [0, 0.1) is 0 Å². The molecule has 2 aromatic carbocycles. The number of nitrogens with one attached hydrogen (secondary N) is 1. The number of piperidine rings is 1. The summed E-state index contributed by atoms with van der Waals surface area (Å²) in [5, 5.41) is 1.30. The molecule has 3 aromatic rings. The van der Waals surface area contributed by atoms with Crippen LogP contribution < -0.4 is 14.2 Å². The van der Waals surface area contributed by atoms with Gasteiger partial charge < -0.3 is 24.1 Å². The van der Waals surface area contributed by atoms with Gasteiger partial charge in [0, 0.05) is 36.6 Å². The lowest BCUT2D eigenvalue weighted by Gasteiger charge is -2.32. The van der Waals surface area contributed by atoms with E-state index >= 15 is 0 Å². The van der Waals surface area contributed by atoms with E-state index in [1.807, 2.05) is 17.0 Å². The molecule has 1 aromatic heterocycles. The molecule has 1 saturated heterocycles. The molecule has 0 bridgehead atoms. The standard InChI is InChI=1S/C25H30N2O4/c1-29-22-14-17(15-23(30-2)25(22)31-3)8-9-24(28)27-12-10-18(11-13-27)20-16-26-21-7-5-4-6-19(20)21/h4-7,14-16,18,26H,8-13H2,1-3H3. The van der Waals surface area contributed by atoms with Gasteiger partial charge in [-0.2, -0.15) is 0 Å². The fourth-order valence-corrected chi connectivity index (χ4v) is 4.56. The lowest BCUT2D eigenvalue weighted by molar-refractivity contribution is -0.132. The SMILES string of the molecule is COc1cc(CCC(=O)N2CCC(c3c[nH]c4ccccc34)CC2)cc(OC)c1OC. The van der Waals surface area contributed by atoms with Crippen molar-refractivity contribution >= 4 is 16.8 Å². The number of aromatic nitrogens is 1. The molecule has 0 aliphatic carbocycles. The summed E-state index contributed by atoms with van der Waals surface area (Å²) in [5.74, 6) is 2.49. The molecule has 1 N–H and O–H groups in total. The number of fused-ring (bicyclic) bond motifs is 1. The molecule has 0 saturated carbocycles. The number of likely N-dealkylation sites (tertiary alicyclic amines) is 1. The lowest BCUT2D eigenvalue weighted by atomic mass is 9.89. The van der Waals surface area contributed by atoms with Crippen LogP contribution in [0.25, 0.3) is 10.9 Å². The van der Waals surface area contributed by atoms with Crippen molar-refractivity contribution in [3.05, 3.63) is 53.7 Å². The second-order valence-corrected chi connectivity index (χ2v) is 7.98. The number of carbonyl (C=O) groups is 1. The van der Waals surface area contributed by atoms with Crippen LogP contribution in [0.2, 0.25) is 0 Å². The lowest BCUT2D eigenvalue weighted by Crippen LogP contribution is -2.38. The highest BCUT2D eigenvalue weighted by Gasteiger charge is 2.25. The average Bonchev–Trinajstić information content (AvgIpc) is 3.26. The maximum atomic E-state index is 12.8. The van der Waals surface area contributed by atoms with Crippen molar-refractivity contribution in [1.82, 2.24) is 9.88 Å². The van der Waals surface area contributed by atoms with Crippen molar-refractivity contribution in [2.75, 3.05) is 34.4 Å². The summed E-state index contributed by atoms with van der Waals surface area (Å²) in [4.78, 5) is 18.2. The van der Waals surface area contributed by atoms with Gasteiger partial charge in [-0.25, -0.2) is 0 Å². The van der Waals surface area contributed by atoms with Gasteiger partial charge in [-0.15, -0.1) is 0 Å². The largest absolute Gasteiger partial charge is 0.493 e.